The average Bonchev–Trinajstić information content (AvgIpc) is 2.88. The number of nitrogens with zero attached hydrogens (tertiary/aromatic N) is 1. The smallest absolute Gasteiger partial charge is 0.168 e. The van der Waals surface area contributed by atoms with Gasteiger partial charge in [0.2, 0.25) is 0 Å². The van der Waals surface area contributed by atoms with E-state index in [2.05, 4.69) is 11.8 Å². The van der Waals surface area contributed by atoms with Crippen LogP contribution in [0.25, 0.3) is 0 Å². The van der Waals surface area contributed by atoms with Crippen LogP contribution in [0.1, 0.15) is 45.4 Å². The first-order valence-corrected chi connectivity index (χ1v) is 7.89. The molecule has 0 unspecified atom stereocenters. The van der Waals surface area contributed by atoms with Gasteiger partial charge in [-0.05, 0) is 45.7 Å². The van der Waals surface area contributed by atoms with E-state index in [1.54, 1.807) is 0 Å². The molecule has 110 valence electrons. The molecule has 2 aliphatic heterocycles. The largest absolute Gasteiger partial charge is 0.391 e. The van der Waals surface area contributed by atoms with Crippen LogP contribution in [0.15, 0.2) is 0 Å². The van der Waals surface area contributed by atoms with E-state index >= 15 is 0 Å². The van der Waals surface area contributed by atoms with Gasteiger partial charge in [0.05, 0.1) is 19.3 Å². The van der Waals surface area contributed by atoms with Crippen LogP contribution in [0, 0.1) is 5.92 Å². The topological polar surface area (TPSA) is 41.9 Å². The first-order valence-electron chi connectivity index (χ1n) is 7.89. The Labute approximate surface area is 116 Å². The maximum absolute atomic E-state index is 10.2. The molecule has 0 bridgehead atoms. The number of ether oxygens (including phenoxy) is 2. The van der Waals surface area contributed by atoms with Crippen molar-refractivity contribution in [3.8, 4) is 0 Å². The zero-order valence-electron chi connectivity index (χ0n) is 12.0. The van der Waals surface area contributed by atoms with Crippen LogP contribution >= 0.6 is 0 Å². The molecule has 3 aliphatic rings. The lowest BCUT2D eigenvalue weighted by molar-refractivity contribution is -0.192. The van der Waals surface area contributed by atoms with Crippen LogP contribution in [0.2, 0.25) is 0 Å². The SMILES string of the molecule is CC1(C2CCN([C@H]3CCCC[C@@H]3O)CC2)OCCO1. The van der Waals surface area contributed by atoms with Crippen molar-refractivity contribution in [2.24, 2.45) is 5.92 Å². The van der Waals surface area contributed by atoms with Gasteiger partial charge in [-0.25, -0.2) is 0 Å². The van der Waals surface area contributed by atoms with Crippen molar-refractivity contribution in [1.82, 2.24) is 4.90 Å². The van der Waals surface area contributed by atoms with Crippen molar-refractivity contribution in [2.45, 2.75) is 63.4 Å². The van der Waals surface area contributed by atoms with E-state index in [0.717, 1.165) is 52.0 Å². The number of hydrogen-bond donors (Lipinski definition) is 1. The summed E-state index contributed by atoms with van der Waals surface area (Å²) in [7, 11) is 0. The second kappa shape index (κ2) is 5.68. The Hall–Kier alpha value is -0.160. The second-order valence-corrected chi connectivity index (χ2v) is 6.44. The predicted molar refractivity (Wildman–Crippen MR) is 72.9 cm³/mol. The quantitative estimate of drug-likeness (QED) is 0.829. The number of aliphatic hydroxyl groups is 1. The first-order chi connectivity index (χ1) is 9.19. The molecule has 3 fully saturated rings. The fourth-order valence-electron chi connectivity index (χ4n) is 4.04. The Morgan fingerprint density at radius 3 is 2.26 bits per heavy atom. The molecule has 2 saturated heterocycles. The molecule has 0 amide bonds. The molecule has 0 aromatic carbocycles. The van der Waals surface area contributed by atoms with E-state index in [1.165, 1.54) is 12.8 Å². The number of hydrogen-bond acceptors (Lipinski definition) is 4. The summed E-state index contributed by atoms with van der Waals surface area (Å²) < 4.78 is 11.6. The molecule has 0 spiro atoms. The summed E-state index contributed by atoms with van der Waals surface area (Å²) in [6.07, 6.45) is 6.74. The van der Waals surface area contributed by atoms with E-state index in [0.29, 0.717) is 12.0 Å². The third-order valence-corrected chi connectivity index (χ3v) is 5.29. The molecule has 19 heavy (non-hydrogen) atoms. The Bertz CT molecular complexity index is 296. The van der Waals surface area contributed by atoms with Crippen molar-refractivity contribution >= 4 is 0 Å². The summed E-state index contributed by atoms with van der Waals surface area (Å²) in [5.74, 6) is 0.157. The van der Waals surface area contributed by atoms with E-state index in [9.17, 15) is 5.11 Å². The van der Waals surface area contributed by atoms with Gasteiger partial charge in [0, 0.05) is 12.0 Å². The van der Waals surface area contributed by atoms with Gasteiger partial charge in [0.25, 0.3) is 0 Å². The Morgan fingerprint density at radius 1 is 1.00 bits per heavy atom. The van der Waals surface area contributed by atoms with E-state index in [1.807, 2.05) is 0 Å². The first kappa shape index (κ1) is 13.8. The molecule has 2 atom stereocenters. The number of aliphatic hydroxyl groups excluding tert-OH is 1. The maximum atomic E-state index is 10.2. The standard InChI is InChI=1S/C15H27NO3/c1-15(18-10-11-19-15)12-6-8-16(9-7-12)13-4-2-3-5-14(13)17/h12-14,17H,2-11H2,1H3/t13-,14-/m0/s1. The predicted octanol–water partition coefficient (Wildman–Crippen LogP) is 1.76. The maximum Gasteiger partial charge on any atom is 0.168 e. The lowest BCUT2D eigenvalue weighted by atomic mass is 9.85. The van der Waals surface area contributed by atoms with Gasteiger partial charge in [-0.1, -0.05) is 12.8 Å². The summed E-state index contributed by atoms with van der Waals surface area (Å²) in [5, 5.41) is 10.2. The minimum Gasteiger partial charge on any atom is -0.391 e. The third kappa shape index (κ3) is 2.82. The van der Waals surface area contributed by atoms with Crippen molar-refractivity contribution in [2.75, 3.05) is 26.3 Å². The zero-order chi connectivity index (χ0) is 13.3. The molecule has 2 heterocycles. The molecule has 1 aliphatic carbocycles. The minimum absolute atomic E-state index is 0.111. The molecule has 1 saturated carbocycles. The van der Waals surface area contributed by atoms with Crippen LogP contribution < -0.4 is 0 Å². The van der Waals surface area contributed by atoms with Crippen LogP contribution in [-0.2, 0) is 9.47 Å². The monoisotopic (exact) mass is 269 g/mol. The average molecular weight is 269 g/mol. The van der Waals surface area contributed by atoms with Gasteiger partial charge in [-0.3, -0.25) is 4.90 Å². The molecule has 4 heteroatoms. The Morgan fingerprint density at radius 2 is 1.63 bits per heavy atom. The van der Waals surface area contributed by atoms with Crippen LogP contribution in [0.3, 0.4) is 0 Å². The molecule has 0 aromatic heterocycles. The Balaban J connectivity index is 1.54. The summed E-state index contributed by atoms with van der Waals surface area (Å²) in [6.45, 7) is 5.72. The van der Waals surface area contributed by atoms with Crippen molar-refractivity contribution in [1.29, 1.82) is 0 Å². The molecule has 3 rings (SSSR count). The van der Waals surface area contributed by atoms with Gasteiger partial charge < -0.3 is 14.6 Å². The third-order valence-electron chi connectivity index (χ3n) is 5.29. The lowest BCUT2D eigenvalue weighted by Gasteiger charge is -2.44. The Kier molecular flexibility index (Phi) is 4.13. The lowest BCUT2D eigenvalue weighted by Crippen LogP contribution is -2.51. The van der Waals surface area contributed by atoms with Gasteiger partial charge in [-0.15, -0.1) is 0 Å². The van der Waals surface area contributed by atoms with Crippen LogP contribution in [0.4, 0.5) is 0 Å². The second-order valence-electron chi connectivity index (χ2n) is 6.44. The van der Waals surface area contributed by atoms with Gasteiger partial charge in [0.15, 0.2) is 5.79 Å². The van der Waals surface area contributed by atoms with E-state index in [4.69, 9.17) is 9.47 Å². The highest BCUT2D eigenvalue weighted by Crippen LogP contribution is 2.36. The summed E-state index contributed by atoms with van der Waals surface area (Å²) >= 11 is 0. The number of rotatable bonds is 2. The van der Waals surface area contributed by atoms with Gasteiger partial charge >= 0.3 is 0 Å². The highest BCUT2D eigenvalue weighted by atomic mass is 16.7. The van der Waals surface area contributed by atoms with Crippen LogP contribution in [0.5, 0.6) is 0 Å². The normalized spacial score (nSPS) is 37.6. The molecule has 1 N–H and O–H groups in total. The van der Waals surface area contributed by atoms with E-state index in [-0.39, 0.29) is 11.9 Å². The summed E-state index contributed by atoms with van der Waals surface area (Å²) in [5.41, 5.74) is 0. The molecule has 0 radical (unpaired) electrons. The molecule has 4 nitrogen and oxygen atoms in total. The molecular weight excluding hydrogens is 242 g/mol. The van der Waals surface area contributed by atoms with Crippen molar-refractivity contribution < 1.29 is 14.6 Å². The molecular formula is C15H27NO3. The summed E-state index contributed by atoms with van der Waals surface area (Å²) in [4.78, 5) is 2.50. The van der Waals surface area contributed by atoms with Crippen molar-refractivity contribution in [3.05, 3.63) is 0 Å². The zero-order valence-corrected chi connectivity index (χ0v) is 12.0. The highest BCUT2D eigenvalue weighted by molar-refractivity contribution is 4.89. The summed E-state index contributed by atoms with van der Waals surface area (Å²) in [6, 6.07) is 0.396. The fourth-order valence-corrected chi connectivity index (χ4v) is 4.04. The van der Waals surface area contributed by atoms with Crippen LogP contribution in [-0.4, -0.2) is 54.2 Å². The van der Waals surface area contributed by atoms with Gasteiger partial charge in [-0.2, -0.15) is 0 Å². The van der Waals surface area contributed by atoms with E-state index < -0.39 is 0 Å². The van der Waals surface area contributed by atoms with Crippen molar-refractivity contribution in [3.63, 3.8) is 0 Å². The van der Waals surface area contributed by atoms with Gasteiger partial charge in [0.1, 0.15) is 0 Å². The minimum atomic E-state index is -0.350. The highest BCUT2D eigenvalue weighted by Gasteiger charge is 2.42. The number of likely N-dealkylation sites (tertiary alicyclic amines) is 1. The fraction of sp³-hybridized carbons (Fsp3) is 1.00. The molecule has 0 aromatic rings. The number of piperidine rings is 1.